The lowest BCUT2D eigenvalue weighted by molar-refractivity contribution is -0.135. The first-order chi connectivity index (χ1) is 8.15. The molecule has 2 rings (SSSR count). The SMILES string of the molecule is Cc1ccc(OC(=O)CNC(=O)C2CC2)cc1. The van der Waals surface area contributed by atoms with Crippen LogP contribution in [-0.4, -0.2) is 18.4 Å². The molecule has 0 unspecified atom stereocenters. The number of carbonyl (C=O) groups is 2. The summed E-state index contributed by atoms with van der Waals surface area (Å²) in [6, 6.07) is 7.20. The molecule has 17 heavy (non-hydrogen) atoms. The zero-order chi connectivity index (χ0) is 12.3. The van der Waals surface area contributed by atoms with E-state index in [0.717, 1.165) is 18.4 Å². The van der Waals surface area contributed by atoms with Crippen molar-refractivity contribution in [1.82, 2.24) is 5.32 Å². The number of aryl methyl sites for hydroxylation is 1. The highest BCUT2D eigenvalue weighted by Gasteiger charge is 2.29. The molecule has 1 aliphatic carbocycles. The van der Waals surface area contributed by atoms with E-state index in [1.54, 1.807) is 12.1 Å². The third-order valence-corrected chi connectivity index (χ3v) is 2.61. The van der Waals surface area contributed by atoms with E-state index in [4.69, 9.17) is 4.74 Å². The van der Waals surface area contributed by atoms with E-state index in [9.17, 15) is 9.59 Å². The molecule has 1 aliphatic rings. The molecule has 90 valence electrons. The third kappa shape index (κ3) is 3.59. The lowest BCUT2D eigenvalue weighted by Crippen LogP contribution is -2.32. The molecule has 4 heteroatoms. The average molecular weight is 233 g/mol. The minimum atomic E-state index is -0.442. The molecular formula is C13H15NO3. The van der Waals surface area contributed by atoms with Crippen molar-refractivity contribution in [2.24, 2.45) is 5.92 Å². The van der Waals surface area contributed by atoms with Crippen LogP contribution in [0.5, 0.6) is 5.75 Å². The number of rotatable bonds is 4. The number of hydrogen-bond donors (Lipinski definition) is 1. The van der Waals surface area contributed by atoms with Gasteiger partial charge in [-0.05, 0) is 31.9 Å². The maximum atomic E-state index is 11.4. The second-order valence-electron chi connectivity index (χ2n) is 4.28. The Morgan fingerprint density at radius 2 is 1.94 bits per heavy atom. The van der Waals surface area contributed by atoms with Gasteiger partial charge in [-0.15, -0.1) is 0 Å². The summed E-state index contributed by atoms with van der Waals surface area (Å²) < 4.78 is 5.07. The summed E-state index contributed by atoms with van der Waals surface area (Å²) in [4.78, 5) is 22.7. The van der Waals surface area contributed by atoms with Gasteiger partial charge < -0.3 is 10.1 Å². The van der Waals surface area contributed by atoms with Crippen LogP contribution < -0.4 is 10.1 Å². The van der Waals surface area contributed by atoms with E-state index >= 15 is 0 Å². The Labute approximate surface area is 100.0 Å². The molecule has 1 amide bonds. The summed E-state index contributed by atoms with van der Waals surface area (Å²) in [5, 5.41) is 2.56. The zero-order valence-corrected chi connectivity index (χ0v) is 9.73. The maximum absolute atomic E-state index is 11.4. The Morgan fingerprint density at radius 1 is 1.29 bits per heavy atom. The second kappa shape index (κ2) is 4.99. The van der Waals surface area contributed by atoms with Gasteiger partial charge in [0.25, 0.3) is 0 Å². The van der Waals surface area contributed by atoms with Crippen molar-refractivity contribution in [2.75, 3.05) is 6.54 Å². The van der Waals surface area contributed by atoms with E-state index in [-0.39, 0.29) is 18.4 Å². The summed E-state index contributed by atoms with van der Waals surface area (Å²) in [5.74, 6) is 0.122. The highest BCUT2D eigenvalue weighted by molar-refractivity contribution is 5.85. The van der Waals surface area contributed by atoms with E-state index in [0.29, 0.717) is 5.75 Å². The van der Waals surface area contributed by atoms with E-state index in [1.807, 2.05) is 19.1 Å². The Morgan fingerprint density at radius 3 is 2.53 bits per heavy atom. The molecule has 0 spiro atoms. The van der Waals surface area contributed by atoms with Crippen LogP contribution in [0.1, 0.15) is 18.4 Å². The number of hydrogen-bond acceptors (Lipinski definition) is 3. The number of amides is 1. The molecule has 1 fully saturated rings. The van der Waals surface area contributed by atoms with E-state index in [1.165, 1.54) is 0 Å². The summed E-state index contributed by atoms with van der Waals surface area (Å²) in [5.41, 5.74) is 1.10. The van der Waals surface area contributed by atoms with E-state index in [2.05, 4.69) is 5.32 Å². The average Bonchev–Trinajstić information content (AvgIpc) is 3.13. The van der Waals surface area contributed by atoms with Crippen LogP contribution in [0, 0.1) is 12.8 Å². The van der Waals surface area contributed by atoms with Crippen LogP contribution in [-0.2, 0) is 9.59 Å². The third-order valence-electron chi connectivity index (χ3n) is 2.61. The van der Waals surface area contributed by atoms with Gasteiger partial charge in [-0.1, -0.05) is 17.7 Å². The summed E-state index contributed by atoms with van der Waals surface area (Å²) in [7, 11) is 0. The highest BCUT2D eigenvalue weighted by atomic mass is 16.5. The number of nitrogens with one attached hydrogen (secondary N) is 1. The molecule has 0 aromatic heterocycles. The molecule has 0 saturated heterocycles. The van der Waals surface area contributed by atoms with Crippen LogP contribution in [0.3, 0.4) is 0 Å². The topological polar surface area (TPSA) is 55.4 Å². The Kier molecular flexibility index (Phi) is 3.42. The fourth-order valence-electron chi connectivity index (χ4n) is 1.42. The number of ether oxygens (including phenoxy) is 1. The number of esters is 1. The number of benzene rings is 1. The largest absolute Gasteiger partial charge is 0.425 e. The van der Waals surface area contributed by atoms with Crippen molar-refractivity contribution < 1.29 is 14.3 Å². The standard InChI is InChI=1S/C13H15NO3/c1-9-2-6-11(7-3-9)17-12(15)8-14-13(16)10-4-5-10/h2-3,6-7,10H,4-5,8H2,1H3,(H,14,16). The molecule has 4 nitrogen and oxygen atoms in total. The Hall–Kier alpha value is -1.84. The van der Waals surface area contributed by atoms with Crippen molar-refractivity contribution >= 4 is 11.9 Å². The molecule has 1 N–H and O–H groups in total. The van der Waals surface area contributed by atoms with Crippen LogP contribution in [0.4, 0.5) is 0 Å². The minimum absolute atomic E-state index is 0.0501. The van der Waals surface area contributed by atoms with Crippen molar-refractivity contribution in [3.8, 4) is 5.75 Å². The monoisotopic (exact) mass is 233 g/mol. The molecular weight excluding hydrogens is 218 g/mol. The predicted molar refractivity (Wildman–Crippen MR) is 62.5 cm³/mol. The molecule has 1 saturated carbocycles. The molecule has 0 atom stereocenters. The minimum Gasteiger partial charge on any atom is -0.425 e. The molecule has 1 aromatic rings. The first kappa shape index (κ1) is 11.6. The first-order valence-electron chi connectivity index (χ1n) is 5.70. The summed E-state index contributed by atoms with van der Waals surface area (Å²) in [6.07, 6.45) is 1.86. The summed E-state index contributed by atoms with van der Waals surface area (Å²) >= 11 is 0. The zero-order valence-electron chi connectivity index (χ0n) is 9.73. The lowest BCUT2D eigenvalue weighted by Gasteiger charge is -2.05. The highest BCUT2D eigenvalue weighted by Crippen LogP contribution is 2.28. The van der Waals surface area contributed by atoms with Crippen LogP contribution in [0.25, 0.3) is 0 Å². The van der Waals surface area contributed by atoms with Gasteiger partial charge in [0.1, 0.15) is 12.3 Å². The first-order valence-corrected chi connectivity index (χ1v) is 5.70. The molecule has 0 radical (unpaired) electrons. The van der Waals surface area contributed by atoms with Crippen LogP contribution in [0.2, 0.25) is 0 Å². The van der Waals surface area contributed by atoms with Gasteiger partial charge in [0.15, 0.2) is 0 Å². The smallest absolute Gasteiger partial charge is 0.330 e. The van der Waals surface area contributed by atoms with Crippen LogP contribution >= 0.6 is 0 Å². The normalized spacial score (nSPS) is 14.2. The van der Waals surface area contributed by atoms with Crippen molar-refractivity contribution in [3.05, 3.63) is 29.8 Å². The fourth-order valence-corrected chi connectivity index (χ4v) is 1.42. The van der Waals surface area contributed by atoms with Crippen LogP contribution in [0.15, 0.2) is 24.3 Å². The quantitative estimate of drug-likeness (QED) is 0.632. The van der Waals surface area contributed by atoms with Gasteiger partial charge in [0.2, 0.25) is 5.91 Å². The fraction of sp³-hybridized carbons (Fsp3) is 0.385. The lowest BCUT2D eigenvalue weighted by atomic mass is 10.2. The molecule has 0 aliphatic heterocycles. The maximum Gasteiger partial charge on any atom is 0.330 e. The van der Waals surface area contributed by atoms with Gasteiger partial charge >= 0.3 is 5.97 Å². The summed E-state index contributed by atoms with van der Waals surface area (Å²) in [6.45, 7) is 1.89. The van der Waals surface area contributed by atoms with Gasteiger partial charge in [0, 0.05) is 5.92 Å². The van der Waals surface area contributed by atoms with Gasteiger partial charge in [-0.3, -0.25) is 4.79 Å². The number of carbonyl (C=O) groups excluding carboxylic acids is 2. The Bertz CT molecular complexity index is 421. The van der Waals surface area contributed by atoms with E-state index < -0.39 is 5.97 Å². The van der Waals surface area contributed by atoms with Crippen molar-refractivity contribution in [3.63, 3.8) is 0 Å². The van der Waals surface area contributed by atoms with Crippen molar-refractivity contribution in [1.29, 1.82) is 0 Å². The second-order valence-corrected chi connectivity index (χ2v) is 4.28. The van der Waals surface area contributed by atoms with Gasteiger partial charge in [-0.25, -0.2) is 4.79 Å². The molecule has 0 heterocycles. The van der Waals surface area contributed by atoms with Gasteiger partial charge in [0.05, 0.1) is 0 Å². The molecule has 0 bridgehead atoms. The van der Waals surface area contributed by atoms with Crippen molar-refractivity contribution in [2.45, 2.75) is 19.8 Å². The van der Waals surface area contributed by atoms with Gasteiger partial charge in [-0.2, -0.15) is 0 Å². The predicted octanol–water partition coefficient (Wildman–Crippen LogP) is 1.43. The Balaban J connectivity index is 1.76. The molecule has 1 aromatic carbocycles.